The molecule has 7 heteroatoms. The number of nitrogens with one attached hydrogen (secondary N) is 1. The van der Waals surface area contributed by atoms with E-state index in [1.807, 2.05) is 67.6 Å². The maximum Gasteiger partial charge on any atom is 0.230 e. The molecule has 6 nitrogen and oxygen atoms in total. The molecule has 1 atom stereocenters. The van der Waals surface area contributed by atoms with E-state index in [4.69, 9.17) is 4.74 Å². The van der Waals surface area contributed by atoms with Gasteiger partial charge < -0.3 is 14.6 Å². The smallest absolute Gasteiger partial charge is 0.230 e. The lowest BCUT2D eigenvalue weighted by Crippen LogP contribution is -2.28. The molecule has 1 N–H and O–H groups in total. The van der Waals surface area contributed by atoms with E-state index in [9.17, 15) is 4.79 Å². The Hall–Kier alpha value is -3.32. The van der Waals surface area contributed by atoms with Crippen molar-refractivity contribution in [2.24, 2.45) is 0 Å². The first kappa shape index (κ1) is 21.9. The zero-order chi connectivity index (χ0) is 22.3. The van der Waals surface area contributed by atoms with Crippen LogP contribution in [0, 0.1) is 0 Å². The van der Waals surface area contributed by atoms with E-state index in [-0.39, 0.29) is 11.9 Å². The second-order valence-corrected chi connectivity index (χ2v) is 8.33. The number of rotatable bonds is 9. The Morgan fingerprint density at radius 2 is 1.97 bits per heavy atom. The number of amides is 1. The minimum atomic E-state index is -0.133. The first-order valence-electron chi connectivity index (χ1n) is 10.6. The van der Waals surface area contributed by atoms with Crippen molar-refractivity contribution in [1.29, 1.82) is 0 Å². The molecule has 1 unspecified atom stereocenters. The molecule has 1 amide bonds. The molecule has 164 valence electrons. The van der Waals surface area contributed by atoms with Crippen LogP contribution in [-0.2, 0) is 17.9 Å². The van der Waals surface area contributed by atoms with Crippen molar-refractivity contribution in [1.82, 2.24) is 19.9 Å². The van der Waals surface area contributed by atoms with Crippen LogP contribution in [0.3, 0.4) is 0 Å². The van der Waals surface area contributed by atoms with Gasteiger partial charge in [0.15, 0.2) is 5.16 Å². The van der Waals surface area contributed by atoms with Crippen LogP contribution < -0.4 is 10.1 Å². The number of hydrogen-bond acceptors (Lipinski definition) is 5. The molecule has 0 aliphatic carbocycles. The summed E-state index contributed by atoms with van der Waals surface area (Å²) in [6.07, 6.45) is 1.75. The van der Waals surface area contributed by atoms with Crippen LogP contribution in [0.1, 0.15) is 31.1 Å². The SMILES string of the molecule is CCn1c(SCC(=O)NC(C)c2cccc(OCc3ccccn3)c2)nc2ccccc21. The zero-order valence-electron chi connectivity index (χ0n) is 18.2. The van der Waals surface area contributed by atoms with E-state index >= 15 is 0 Å². The number of aryl methyl sites for hydroxylation is 1. The molecule has 32 heavy (non-hydrogen) atoms. The maximum absolute atomic E-state index is 12.6. The van der Waals surface area contributed by atoms with Crippen LogP contribution in [0.15, 0.2) is 78.1 Å². The molecule has 0 spiro atoms. The predicted molar refractivity (Wildman–Crippen MR) is 128 cm³/mol. The van der Waals surface area contributed by atoms with Crippen LogP contribution in [0.5, 0.6) is 5.75 Å². The number of pyridine rings is 1. The van der Waals surface area contributed by atoms with Crippen molar-refractivity contribution in [2.45, 2.75) is 38.2 Å². The molecule has 2 aromatic carbocycles. The van der Waals surface area contributed by atoms with Gasteiger partial charge in [-0.3, -0.25) is 9.78 Å². The minimum Gasteiger partial charge on any atom is -0.487 e. The fourth-order valence-electron chi connectivity index (χ4n) is 3.48. The lowest BCUT2D eigenvalue weighted by atomic mass is 10.1. The first-order valence-corrected chi connectivity index (χ1v) is 11.6. The van der Waals surface area contributed by atoms with Crippen LogP contribution in [0.2, 0.25) is 0 Å². The average Bonchev–Trinajstić information content (AvgIpc) is 3.20. The minimum absolute atomic E-state index is 0.0305. The number of ether oxygens (including phenoxy) is 1. The average molecular weight is 447 g/mol. The molecule has 2 aromatic heterocycles. The number of carbonyl (C=O) groups excluding carboxylic acids is 1. The molecular weight excluding hydrogens is 420 g/mol. The number of aromatic nitrogens is 3. The number of imidazole rings is 1. The van der Waals surface area contributed by atoms with E-state index in [1.165, 1.54) is 11.8 Å². The summed E-state index contributed by atoms with van der Waals surface area (Å²) in [5.41, 5.74) is 3.90. The third-order valence-electron chi connectivity index (χ3n) is 5.12. The topological polar surface area (TPSA) is 69.0 Å². The summed E-state index contributed by atoms with van der Waals surface area (Å²) in [5, 5.41) is 3.94. The molecule has 0 fully saturated rings. The van der Waals surface area contributed by atoms with Crippen molar-refractivity contribution in [3.05, 3.63) is 84.2 Å². The van der Waals surface area contributed by atoms with E-state index in [1.54, 1.807) is 6.20 Å². The monoisotopic (exact) mass is 446 g/mol. The van der Waals surface area contributed by atoms with Gasteiger partial charge in [0.1, 0.15) is 12.4 Å². The summed E-state index contributed by atoms with van der Waals surface area (Å²) in [6.45, 7) is 5.28. The number of nitrogens with zero attached hydrogens (tertiary/aromatic N) is 3. The molecule has 2 heterocycles. The number of hydrogen-bond donors (Lipinski definition) is 1. The Balaban J connectivity index is 1.34. The zero-order valence-corrected chi connectivity index (χ0v) is 19.0. The summed E-state index contributed by atoms with van der Waals surface area (Å²) in [7, 11) is 0. The standard InChI is InChI=1S/C25H26N4O2S/c1-3-29-23-13-5-4-12-22(23)28-25(29)32-17-24(30)27-18(2)19-9-8-11-21(15-19)31-16-20-10-6-7-14-26-20/h4-15,18H,3,16-17H2,1-2H3,(H,27,30). The summed E-state index contributed by atoms with van der Waals surface area (Å²) >= 11 is 1.46. The summed E-state index contributed by atoms with van der Waals surface area (Å²) < 4.78 is 8.00. The quantitative estimate of drug-likeness (QED) is 0.367. The fourth-order valence-corrected chi connectivity index (χ4v) is 4.37. The summed E-state index contributed by atoms with van der Waals surface area (Å²) in [4.78, 5) is 21.5. The highest BCUT2D eigenvalue weighted by atomic mass is 32.2. The number of benzene rings is 2. The molecule has 0 saturated heterocycles. The highest BCUT2D eigenvalue weighted by Gasteiger charge is 2.14. The second-order valence-electron chi connectivity index (χ2n) is 7.39. The van der Waals surface area contributed by atoms with E-state index < -0.39 is 0 Å². The van der Waals surface area contributed by atoms with Gasteiger partial charge in [0.05, 0.1) is 28.5 Å². The predicted octanol–water partition coefficient (Wildman–Crippen LogP) is 5.00. The fraction of sp³-hybridized carbons (Fsp3) is 0.240. The molecule has 0 aliphatic heterocycles. The Morgan fingerprint density at radius 3 is 2.78 bits per heavy atom. The van der Waals surface area contributed by atoms with Gasteiger partial charge in [-0.05, 0) is 55.8 Å². The number of para-hydroxylation sites is 2. The lowest BCUT2D eigenvalue weighted by Gasteiger charge is -2.15. The molecular formula is C25H26N4O2S. The van der Waals surface area contributed by atoms with Gasteiger partial charge in [-0.25, -0.2) is 4.98 Å². The lowest BCUT2D eigenvalue weighted by molar-refractivity contribution is -0.119. The van der Waals surface area contributed by atoms with Gasteiger partial charge >= 0.3 is 0 Å². The van der Waals surface area contributed by atoms with Crippen LogP contribution in [0.25, 0.3) is 11.0 Å². The highest BCUT2D eigenvalue weighted by Crippen LogP contribution is 2.24. The Labute approximate surface area is 192 Å². The number of carbonyl (C=O) groups is 1. The van der Waals surface area contributed by atoms with Crippen molar-refractivity contribution < 1.29 is 9.53 Å². The molecule has 4 aromatic rings. The summed E-state index contributed by atoms with van der Waals surface area (Å²) in [6, 6.07) is 21.4. The van der Waals surface area contributed by atoms with Gasteiger partial charge in [0, 0.05) is 12.7 Å². The Morgan fingerprint density at radius 1 is 1.12 bits per heavy atom. The third kappa shape index (κ3) is 5.29. The van der Waals surface area contributed by atoms with E-state index in [0.29, 0.717) is 12.4 Å². The molecule has 0 aliphatic rings. The molecule has 0 saturated carbocycles. The number of thioether (sulfide) groups is 1. The molecule has 0 radical (unpaired) electrons. The van der Waals surface area contributed by atoms with Crippen LogP contribution >= 0.6 is 11.8 Å². The molecule has 4 rings (SSSR count). The second kappa shape index (κ2) is 10.3. The normalized spacial score (nSPS) is 11.9. The third-order valence-corrected chi connectivity index (χ3v) is 6.09. The van der Waals surface area contributed by atoms with Gasteiger partial charge in [-0.2, -0.15) is 0 Å². The van der Waals surface area contributed by atoms with E-state index in [2.05, 4.69) is 32.8 Å². The van der Waals surface area contributed by atoms with Gasteiger partial charge in [0.25, 0.3) is 0 Å². The van der Waals surface area contributed by atoms with Gasteiger partial charge in [0.2, 0.25) is 5.91 Å². The number of fused-ring (bicyclic) bond motifs is 1. The summed E-state index contributed by atoms with van der Waals surface area (Å²) in [5.74, 6) is 1.03. The Bertz CT molecular complexity index is 1190. The highest BCUT2D eigenvalue weighted by molar-refractivity contribution is 7.99. The Kier molecular flexibility index (Phi) is 7.07. The maximum atomic E-state index is 12.6. The van der Waals surface area contributed by atoms with Crippen LogP contribution in [-0.4, -0.2) is 26.2 Å². The van der Waals surface area contributed by atoms with Crippen LogP contribution in [0.4, 0.5) is 0 Å². The van der Waals surface area contributed by atoms with Crippen molar-refractivity contribution in [3.8, 4) is 5.75 Å². The van der Waals surface area contributed by atoms with Crippen molar-refractivity contribution in [3.63, 3.8) is 0 Å². The largest absolute Gasteiger partial charge is 0.487 e. The van der Waals surface area contributed by atoms with Crippen molar-refractivity contribution in [2.75, 3.05) is 5.75 Å². The van der Waals surface area contributed by atoms with E-state index in [0.717, 1.165) is 39.7 Å². The van der Waals surface area contributed by atoms with Gasteiger partial charge in [-0.1, -0.05) is 42.1 Å². The first-order chi connectivity index (χ1) is 15.6. The molecule has 0 bridgehead atoms. The van der Waals surface area contributed by atoms with Gasteiger partial charge in [-0.15, -0.1) is 0 Å². The van der Waals surface area contributed by atoms with Crippen molar-refractivity contribution >= 4 is 28.7 Å².